The number of piperazine rings is 1. The molecule has 29 heavy (non-hydrogen) atoms. The second kappa shape index (κ2) is 8.57. The molecule has 2 aromatic rings. The Morgan fingerprint density at radius 1 is 0.897 bits per heavy atom. The lowest BCUT2D eigenvalue weighted by molar-refractivity contribution is 0.382. The number of halogens is 1. The molecule has 0 N–H and O–H groups in total. The maximum absolute atomic E-state index is 13.0. The number of piperidine rings is 1. The highest BCUT2D eigenvalue weighted by Crippen LogP contribution is 2.27. The van der Waals surface area contributed by atoms with Crippen molar-refractivity contribution in [3.8, 4) is 0 Å². The van der Waals surface area contributed by atoms with Crippen LogP contribution in [-0.2, 0) is 10.0 Å². The molecule has 0 radical (unpaired) electrons. The van der Waals surface area contributed by atoms with Crippen LogP contribution in [0.25, 0.3) is 0 Å². The van der Waals surface area contributed by atoms with Crippen LogP contribution in [0.5, 0.6) is 0 Å². The molecule has 2 aliphatic rings. The van der Waals surface area contributed by atoms with Gasteiger partial charge in [0.15, 0.2) is 0 Å². The minimum absolute atomic E-state index is 0.313. The minimum atomic E-state index is -3.52. The Morgan fingerprint density at radius 3 is 2.28 bits per heavy atom. The van der Waals surface area contributed by atoms with E-state index in [1.807, 2.05) is 19.1 Å². The number of hydrogen-bond acceptors (Lipinski definition) is 6. The second-order valence-corrected chi connectivity index (χ2v) is 10.3. The number of hydrogen-bond donors (Lipinski definition) is 0. The second-order valence-electron chi connectivity index (χ2n) is 7.54. The maximum Gasteiger partial charge on any atom is 0.244 e. The highest BCUT2D eigenvalue weighted by atomic mass is 79.9. The normalized spacial score (nSPS) is 18.8. The third-order valence-electron chi connectivity index (χ3n) is 5.48. The fourth-order valence-electron chi connectivity index (χ4n) is 3.88. The predicted molar refractivity (Wildman–Crippen MR) is 118 cm³/mol. The number of nitrogens with zero attached hydrogens (tertiary/aromatic N) is 5. The number of benzene rings is 1. The van der Waals surface area contributed by atoms with E-state index < -0.39 is 10.0 Å². The van der Waals surface area contributed by atoms with E-state index in [0.29, 0.717) is 41.5 Å². The molecule has 0 aliphatic carbocycles. The van der Waals surface area contributed by atoms with Gasteiger partial charge in [-0.25, -0.2) is 13.4 Å². The molecule has 1 aromatic carbocycles. The van der Waals surface area contributed by atoms with E-state index in [9.17, 15) is 8.42 Å². The van der Waals surface area contributed by atoms with E-state index in [1.165, 1.54) is 19.3 Å². The van der Waals surface area contributed by atoms with Crippen LogP contribution in [0.4, 0.5) is 11.8 Å². The number of rotatable bonds is 4. The zero-order valence-electron chi connectivity index (χ0n) is 16.6. The molecule has 0 amide bonds. The third kappa shape index (κ3) is 4.41. The fraction of sp³-hybridized carbons (Fsp3) is 0.500. The average Bonchev–Trinajstić information content (AvgIpc) is 2.74. The SMILES string of the molecule is Cc1cc(N2CCCCC2)nc(N2CCN(S(=O)(=O)c3ccccc3Br)CC2)n1. The van der Waals surface area contributed by atoms with Gasteiger partial charge in [-0.3, -0.25) is 0 Å². The van der Waals surface area contributed by atoms with E-state index in [1.54, 1.807) is 22.5 Å². The van der Waals surface area contributed by atoms with Crippen LogP contribution in [0.15, 0.2) is 39.7 Å². The lowest BCUT2D eigenvalue weighted by atomic mass is 10.1. The van der Waals surface area contributed by atoms with Gasteiger partial charge in [0, 0.05) is 55.5 Å². The first-order valence-corrected chi connectivity index (χ1v) is 12.3. The number of sulfonamides is 1. The summed E-state index contributed by atoms with van der Waals surface area (Å²) in [7, 11) is -3.52. The van der Waals surface area contributed by atoms with Crippen molar-refractivity contribution in [3.05, 3.63) is 40.5 Å². The van der Waals surface area contributed by atoms with Crippen molar-refractivity contribution in [1.29, 1.82) is 0 Å². The third-order valence-corrected chi connectivity index (χ3v) is 8.40. The highest BCUT2D eigenvalue weighted by Gasteiger charge is 2.30. The van der Waals surface area contributed by atoms with Gasteiger partial charge in [-0.2, -0.15) is 9.29 Å². The van der Waals surface area contributed by atoms with E-state index >= 15 is 0 Å². The van der Waals surface area contributed by atoms with Crippen molar-refractivity contribution >= 4 is 37.7 Å². The predicted octanol–water partition coefficient (Wildman–Crippen LogP) is 3.05. The van der Waals surface area contributed by atoms with Crippen molar-refractivity contribution in [1.82, 2.24) is 14.3 Å². The van der Waals surface area contributed by atoms with Crippen molar-refractivity contribution in [2.75, 3.05) is 49.1 Å². The summed E-state index contributed by atoms with van der Waals surface area (Å²) >= 11 is 3.36. The summed E-state index contributed by atoms with van der Waals surface area (Å²) in [6.45, 7) is 6.05. The number of anilines is 2. The van der Waals surface area contributed by atoms with Gasteiger partial charge in [0.05, 0.1) is 4.90 Å². The van der Waals surface area contributed by atoms with Gasteiger partial charge in [0.2, 0.25) is 16.0 Å². The van der Waals surface area contributed by atoms with Crippen LogP contribution >= 0.6 is 15.9 Å². The molecule has 7 nitrogen and oxygen atoms in total. The molecule has 9 heteroatoms. The Balaban J connectivity index is 1.48. The van der Waals surface area contributed by atoms with Crippen molar-refractivity contribution < 1.29 is 8.42 Å². The monoisotopic (exact) mass is 479 g/mol. The molecular formula is C20H26BrN5O2S. The molecular weight excluding hydrogens is 454 g/mol. The van der Waals surface area contributed by atoms with Gasteiger partial charge in [-0.15, -0.1) is 0 Å². The molecule has 156 valence electrons. The van der Waals surface area contributed by atoms with Crippen LogP contribution in [0.3, 0.4) is 0 Å². The van der Waals surface area contributed by atoms with E-state index in [-0.39, 0.29) is 0 Å². The molecule has 2 fully saturated rings. The first kappa shape index (κ1) is 20.6. The first-order valence-electron chi connectivity index (χ1n) is 10.1. The quantitative estimate of drug-likeness (QED) is 0.670. The van der Waals surface area contributed by atoms with Gasteiger partial charge < -0.3 is 9.80 Å². The largest absolute Gasteiger partial charge is 0.356 e. The Bertz CT molecular complexity index is 971. The minimum Gasteiger partial charge on any atom is -0.356 e. The lowest BCUT2D eigenvalue weighted by Crippen LogP contribution is -2.49. The Kier molecular flexibility index (Phi) is 6.08. The van der Waals surface area contributed by atoms with E-state index in [4.69, 9.17) is 4.98 Å². The lowest BCUT2D eigenvalue weighted by Gasteiger charge is -2.35. The van der Waals surface area contributed by atoms with Gasteiger partial charge in [-0.05, 0) is 54.2 Å². The Hall–Kier alpha value is -1.71. The van der Waals surface area contributed by atoms with Gasteiger partial charge in [0.25, 0.3) is 0 Å². The number of aromatic nitrogens is 2. The van der Waals surface area contributed by atoms with Crippen molar-refractivity contribution in [2.24, 2.45) is 0 Å². The first-order chi connectivity index (χ1) is 13.9. The molecule has 0 unspecified atom stereocenters. The fourth-order valence-corrected chi connectivity index (χ4v) is 6.27. The van der Waals surface area contributed by atoms with Crippen LogP contribution in [-0.4, -0.2) is 62.0 Å². The summed E-state index contributed by atoms with van der Waals surface area (Å²) in [5.41, 5.74) is 0.943. The van der Waals surface area contributed by atoms with Crippen molar-refractivity contribution in [3.63, 3.8) is 0 Å². The summed E-state index contributed by atoms with van der Waals surface area (Å²) in [6, 6.07) is 9.00. The average molecular weight is 480 g/mol. The van der Waals surface area contributed by atoms with Crippen LogP contribution in [0, 0.1) is 6.92 Å². The summed E-state index contributed by atoms with van der Waals surface area (Å²) in [4.78, 5) is 14.2. The molecule has 2 saturated heterocycles. The summed E-state index contributed by atoms with van der Waals surface area (Å²) in [5, 5.41) is 0. The zero-order valence-corrected chi connectivity index (χ0v) is 19.0. The molecule has 2 aliphatic heterocycles. The Morgan fingerprint density at radius 2 is 1.59 bits per heavy atom. The molecule has 0 spiro atoms. The van der Waals surface area contributed by atoms with Crippen molar-refractivity contribution in [2.45, 2.75) is 31.1 Å². The van der Waals surface area contributed by atoms with Crippen LogP contribution in [0.2, 0.25) is 0 Å². The topological polar surface area (TPSA) is 69.6 Å². The Labute approximate surface area is 180 Å². The van der Waals surface area contributed by atoms with Gasteiger partial charge >= 0.3 is 0 Å². The summed E-state index contributed by atoms with van der Waals surface area (Å²) in [5.74, 6) is 1.68. The molecule has 4 rings (SSSR count). The van der Waals surface area contributed by atoms with Crippen LogP contribution in [0.1, 0.15) is 25.0 Å². The standard InChI is InChI=1S/C20H26BrN5O2S/c1-16-15-19(24-9-5-2-6-10-24)23-20(22-16)25-11-13-26(14-12-25)29(27,28)18-8-4-3-7-17(18)21/h3-4,7-8,15H,2,5-6,9-14H2,1H3. The zero-order chi connectivity index (χ0) is 20.4. The number of aryl methyl sites for hydroxylation is 1. The summed E-state index contributed by atoms with van der Waals surface area (Å²) < 4.78 is 28.2. The molecule has 0 atom stereocenters. The van der Waals surface area contributed by atoms with E-state index in [2.05, 4.69) is 30.7 Å². The van der Waals surface area contributed by atoms with Gasteiger partial charge in [0.1, 0.15) is 5.82 Å². The highest BCUT2D eigenvalue weighted by molar-refractivity contribution is 9.10. The maximum atomic E-state index is 13.0. The van der Waals surface area contributed by atoms with E-state index in [0.717, 1.165) is 24.6 Å². The molecule has 0 saturated carbocycles. The van der Waals surface area contributed by atoms with Crippen LogP contribution < -0.4 is 9.80 Å². The molecule has 0 bridgehead atoms. The molecule has 1 aromatic heterocycles. The smallest absolute Gasteiger partial charge is 0.244 e. The van der Waals surface area contributed by atoms with Gasteiger partial charge in [-0.1, -0.05) is 12.1 Å². The summed E-state index contributed by atoms with van der Waals surface area (Å²) in [6.07, 6.45) is 3.68. The molecule has 3 heterocycles.